The average Bonchev–Trinajstić information content (AvgIpc) is 1.58. The summed E-state index contributed by atoms with van der Waals surface area (Å²) in [4.78, 5) is 0. The molecule has 2 rings (SSSR count). The molecule has 1 aliphatic heterocycles. The number of hydroxylamine groups is 2. The Bertz CT molecular complexity index is 103. The maximum absolute atomic E-state index is 8.87. The molecule has 1 heterocycles. The van der Waals surface area contributed by atoms with Gasteiger partial charge in [0, 0.05) is 18.5 Å². The van der Waals surface area contributed by atoms with Crippen molar-refractivity contribution in [2.45, 2.75) is 19.8 Å². The van der Waals surface area contributed by atoms with Crippen molar-refractivity contribution in [1.82, 2.24) is 5.06 Å². The first-order chi connectivity index (χ1) is 4.20. The highest BCUT2D eigenvalue weighted by Gasteiger charge is 2.50. The van der Waals surface area contributed by atoms with E-state index < -0.39 is 0 Å². The molecule has 9 heavy (non-hydrogen) atoms. The van der Waals surface area contributed by atoms with Gasteiger partial charge >= 0.3 is 0 Å². The summed E-state index contributed by atoms with van der Waals surface area (Å²) >= 11 is 0. The van der Waals surface area contributed by atoms with Crippen molar-refractivity contribution in [3.8, 4) is 0 Å². The van der Waals surface area contributed by atoms with E-state index in [1.54, 1.807) is 0 Å². The number of hydrogen-bond donors (Lipinski definition) is 1. The van der Waals surface area contributed by atoms with E-state index in [2.05, 4.69) is 6.92 Å². The Morgan fingerprint density at radius 2 is 2.00 bits per heavy atom. The Labute approximate surface area is 55.4 Å². The van der Waals surface area contributed by atoms with Crippen LogP contribution in [0.3, 0.4) is 0 Å². The molecule has 1 aliphatic carbocycles. The van der Waals surface area contributed by atoms with E-state index >= 15 is 0 Å². The van der Waals surface area contributed by atoms with Crippen LogP contribution >= 0.6 is 0 Å². The predicted octanol–water partition coefficient (Wildman–Crippen LogP) is 1.11. The predicted molar refractivity (Wildman–Crippen MR) is 34.2 cm³/mol. The Kier molecular flexibility index (Phi) is 0.945. The molecule has 0 amide bonds. The molecule has 1 saturated heterocycles. The van der Waals surface area contributed by atoms with Gasteiger partial charge in [-0.05, 0) is 18.8 Å². The van der Waals surface area contributed by atoms with Crippen LogP contribution in [0.1, 0.15) is 19.8 Å². The lowest BCUT2D eigenvalue weighted by molar-refractivity contribution is -0.240. The fraction of sp³-hybridized carbons (Fsp3) is 1.00. The van der Waals surface area contributed by atoms with Crippen LogP contribution in [0.2, 0.25) is 0 Å². The molecular weight excluding hydrogens is 114 g/mol. The molecule has 2 heteroatoms. The lowest BCUT2D eigenvalue weighted by atomic mass is 9.59. The molecule has 0 aromatic heterocycles. The van der Waals surface area contributed by atoms with E-state index in [1.807, 2.05) is 0 Å². The van der Waals surface area contributed by atoms with Crippen molar-refractivity contribution in [3.05, 3.63) is 0 Å². The Morgan fingerprint density at radius 1 is 1.44 bits per heavy atom. The maximum atomic E-state index is 8.87. The van der Waals surface area contributed by atoms with Crippen molar-refractivity contribution in [1.29, 1.82) is 0 Å². The van der Waals surface area contributed by atoms with Crippen LogP contribution in [-0.4, -0.2) is 23.4 Å². The van der Waals surface area contributed by atoms with Gasteiger partial charge in [-0.25, -0.2) is 0 Å². The zero-order valence-corrected chi connectivity index (χ0v) is 5.80. The van der Waals surface area contributed by atoms with Crippen LogP contribution in [0, 0.1) is 11.3 Å². The van der Waals surface area contributed by atoms with Gasteiger partial charge < -0.3 is 5.21 Å². The molecule has 0 bridgehead atoms. The van der Waals surface area contributed by atoms with Gasteiger partial charge in [0.15, 0.2) is 0 Å². The van der Waals surface area contributed by atoms with Gasteiger partial charge in [-0.1, -0.05) is 6.92 Å². The van der Waals surface area contributed by atoms with Crippen LogP contribution in [-0.2, 0) is 0 Å². The molecule has 1 saturated carbocycles. The second kappa shape index (κ2) is 1.50. The third-order valence-electron chi connectivity index (χ3n) is 2.60. The number of rotatable bonds is 0. The third kappa shape index (κ3) is 0.700. The Morgan fingerprint density at radius 3 is 2.33 bits per heavy atom. The zero-order chi connectivity index (χ0) is 6.48. The Hall–Kier alpha value is -0.0800. The minimum absolute atomic E-state index is 0.564. The summed E-state index contributed by atoms with van der Waals surface area (Å²) in [6, 6.07) is 0. The van der Waals surface area contributed by atoms with Crippen LogP contribution < -0.4 is 0 Å². The highest BCUT2D eigenvalue weighted by Crippen LogP contribution is 2.50. The van der Waals surface area contributed by atoms with E-state index in [0.29, 0.717) is 5.41 Å². The number of nitrogens with zero attached hydrogens (tertiary/aromatic N) is 1. The molecule has 52 valence electrons. The highest BCUT2D eigenvalue weighted by molar-refractivity contribution is 5.00. The molecule has 1 spiro atoms. The highest BCUT2D eigenvalue weighted by atomic mass is 16.5. The fourth-order valence-corrected chi connectivity index (χ4v) is 2.40. The standard InChI is InChI=1S/C7H13NO/c1-6-2-7(3-6)4-8(9)5-7/h6,9H,2-5H2,1H3. The normalized spacial score (nSPS) is 34.0. The van der Waals surface area contributed by atoms with E-state index in [9.17, 15) is 0 Å². The van der Waals surface area contributed by atoms with Crippen LogP contribution in [0.25, 0.3) is 0 Å². The van der Waals surface area contributed by atoms with Crippen molar-refractivity contribution < 1.29 is 5.21 Å². The van der Waals surface area contributed by atoms with Crippen LogP contribution in [0.4, 0.5) is 0 Å². The van der Waals surface area contributed by atoms with Gasteiger partial charge in [0.1, 0.15) is 0 Å². The quantitative estimate of drug-likeness (QED) is 0.527. The van der Waals surface area contributed by atoms with Crippen LogP contribution in [0.15, 0.2) is 0 Å². The van der Waals surface area contributed by atoms with E-state index in [1.165, 1.54) is 17.9 Å². The van der Waals surface area contributed by atoms with E-state index in [4.69, 9.17) is 5.21 Å². The first kappa shape index (κ1) is 5.69. The van der Waals surface area contributed by atoms with Gasteiger partial charge in [0.2, 0.25) is 0 Å². The molecule has 0 aromatic rings. The molecule has 0 radical (unpaired) electrons. The van der Waals surface area contributed by atoms with Gasteiger partial charge in [-0.2, -0.15) is 5.06 Å². The van der Waals surface area contributed by atoms with Crippen molar-refractivity contribution in [2.75, 3.05) is 13.1 Å². The van der Waals surface area contributed by atoms with Gasteiger partial charge in [0.05, 0.1) is 0 Å². The molecule has 2 aliphatic rings. The molecule has 0 aromatic carbocycles. The summed E-state index contributed by atoms with van der Waals surface area (Å²) in [5, 5.41) is 10.3. The second-order valence-corrected chi connectivity index (χ2v) is 3.84. The summed E-state index contributed by atoms with van der Waals surface area (Å²) in [7, 11) is 0. The lowest BCUT2D eigenvalue weighted by Crippen LogP contribution is -2.60. The van der Waals surface area contributed by atoms with Gasteiger partial charge in [-0.3, -0.25) is 0 Å². The summed E-state index contributed by atoms with van der Waals surface area (Å²) in [5.41, 5.74) is 0.564. The topological polar surface area (TPSA) is 23.5 Å². The summed E-state index contributed by atoms with van der Waals surface area (Å²) in [6.45, 7) is 4.14. The van der Waals surface area contributed by atoms with E-state index in [0.717, 1.165) is 19.0 Å². The summed E-state index contributed by atoms with van der Waals surface area (Å²) in [5.74, 6) is 0.915. The minimum atomic E-state index is 0.564. The van der Waals surface area contributed by atoms with Crippen molar-refractivity contribution >= 4 is 0 Å². The Balaban J connectivity index is 1.87. The average molecular weight is 127 g/mol. The summed E-state index contributed by atoms with van der Waals surface area (Å²) in [6.07, 6.45) is 2.67. The first-order valence-electron chi connectivity index (χ1n) is 3.64. The van der Waals surface area contributed by atoms with Gasteiger partial charge in [0.25, 0.3) is 0 Å². The summed E-state index contributed by atoms with van der Waals surface area (Å²) < 4.78 is 0. The smallest absolute Gasteiger partial charge is 0.0308 e. The van der Waals surface area contributed by atoms with Crippen LogP contribution in [0.5, 0.6) is 0 Å². The minimum Gasteiger partial charge on any atom is -0.314 e. The molecule has 0 atom stereocenters. The van der Waals surface area contributed by atoms with Crippen molar-refractivity contribution in [3.63, 3.8) is 0 Å². The molecule has 2 fully saturated rings. The molecular formula is C7H13NO. The second-order valence-electron chi connectivity index (χ2n) is 3.84. The number of hydrogen-bond acceptors (Lipinski definition) is 2. The largest absolute Gasteiger partial charge is 0.314 e. The van der Waals surface area contributed by atoms with Gasteiger partial charge in [-0.15, -0.1) is 0 Å². The van der Waals surface area contributed by atoms with Crippen molar-refractivity contribution in [2.24, 2.45) is 11.3 Å². The lowest BCUT2D eigenvalue weighted by Gasteiger charge is -2.56. The maximum Gasteiger partial charge on any atom is 0.0308 e. The fourth-order valence-electron chi connectivity index (χ4n) is 2.40. The SMILES string of the molecule is CC1CC2(C1)CN(O)C2. The molecule has 0 unspecified atom stereocenters. The first-order valence-corrected chi connectivity index (χ1v) is 3.64. The molecule has 1 N–H and O–H groups in total. The third-order valence-corrected chi connectivity index (χ3v) is 2.60. The molecule has 2 nitrogen and oxygen atoms in total. The van der Waals surface area contributed by atoms with E-state index in [-0.39, 0.29) is 0 Å². The zero-order valence-electron chi connectivity index (χ0n) is 5.80. The monoisotopic (exact) mass is 127 g/mol.